The maximum Gasteiger partial charge on any atom is 0.328 e. The topological polar surface area (TPSA) is 51.7 Å². The Labute approximate surface area is 95.0 Å². The predicted octanol–water partition coefficient (Wildman–Crippen LogP) is 1.09. The number of carbonyl (C=O) groups excluding carboxylic acids is 1. The van der Waals surface area contributed by atoms with Gasteiger partial charge in [0.15, 0.2) is 0 Å². The van der Waals surface area contributed by atoms with Crippen LogP contribution in [0.5, 0.6) is 5.88 Å². The Morgan fingerprint density at radius 2 is 2.12 bits per heavy atom. The molecule has 0 aliphatic heterocycles. The molecular formula is C11H16N2O3. The second-order valence-corrected chi connectivity index (χ2v) is 3.35. The summed E-state index contributed by atoms with van der Waals surface area (Å²) in [5.74, 6) is 0.880. The molecule has 1 aromatic heterocycles. The van der Waals surface area contributed by atoms with Crippen LogP contribution in [-0.2, 0) is 9.53 Å². The van der Waals surface area contributed by atoms with Crippen molar-refractivity contribution in [1.82, 2.24) is 4.98 Å². The monoisotopic (exact) mass is 224 g/mol. The van der Waals surface area contributed by atoms with Crippen LogP contribution >= 0.6 is 0 Å². The lowest BCUT2D eigenvalue weighted by Gasteiger charge is -2.23. The number of methoxy groups -OCH3 is 2. The maximum atomic E-state index is 11.4. The van der Waals surface area contributed by atoms with Gasteiger partial charge >= 0.3 is 5.97 Å². The van der Waals surface area contributed by atoms with Gasteiger partial charge in [-0.15, -0.1) is 0 Å². The third-order valence-electron chi connectivity index (χ3n) is 2.40. The van der Waals surface area contributed by atoms with E-state index in [2.05, 4.69) is 9.72 Å². The molecule has 1 heterocycles. The van der Waals surface area contributed by atoms with Crippen molar-refractivity contribution in [3.63, 3.8) is 0 Å². The highest BCUT2D eigenvalue weighted by molar-refractivity contribution is 5.78. The lowest BCUT2D eigenvalue weighted by Crippen LogP contribution is -2.37. The molecule has 1 atom stereocenters. The van der Waals surface area contributed by atoms with Gasteiger partial charge in [-0.3, -0.25) is 0 Å². The van der Waals surface area contributed by atoms with Gasteiger partial charge in [0.1, 0.15) is 11.9 Å². The molecule has 0 fully saturated rings. The third-order valence-corrected chi connectivity index (χ3v) is 2.40. The highest BCUT2D eigenvalue weighted by atomic mass is 16.5. The first-order valence-corrected chi connectivity index (χ1v) is 4.92. The second-order valence-electron chi connectivity index (χ2n) is 3.35. The quantitative estimate of drug-likeness (QED) is 0.716. The van der Waals surface area contributed by atoms with E-state index in [0.29, 0.717) is 11.7 Å². The van der Waals surface area contributed by atoms with Crippen molar-refractivity contribution in [3.05, 3.63) is 18.2 Å². The van der Waals surface area contributed by atoms with Gasteiger partial charge in [-0.2, -0.15) is 4.98 Å². The third kappa shape index (κ3) is 2.62. The summed E-state index contributed by atoms with van der Waals surface area (Å²) >= 11 is 0. The molecular weight excluding hydrogens is 208 g/mol. The van der Waals surface area contributed by atoms with Crippen LogP contribution in [0.25, 0.3) is 0 Å². The molecule has 0 saturated heterocycles. The Balaban J connectivity index is 2.86. The summed E-state index contributed by atoms with van der Waals surface area (Å²) in [6.07, 6.45) is 0. The summed E-state index contributed by atoms with van der Waals surface area (Å²) in [4.78, 5) is 17.3. The summed E-state index contributed by atoms with van der Waals surface area (Å²) in [5.41, 5.74) is 0. The Kier molecular flexibility index (Phi) is 4.10. The Morgan fingerprint density at radius 1 is 1.44 bits per heavy atom. The standard InChI is InChI=1S/C11H16N2O3/c1-8(11(14)16-4)13(2)9-6-5-7-10(12-9)15-3/h5-8H,1-4H3. The zero-order valence-electron chi connectivity index (χ0n) is 9.93. The van der Waals surface area contributed by atoms with Crippen molar-refractivity contribution in [1.29, 1.82) is 0 Å². The molecule has 16 heavy (non-hydrogen) atoms. The average molecular weight is 224 g/mol. The van der Waals surface area contributed by atoms with Gasteiger partial charge in [-0.05, 0) is 13.0 Å². The van der Waals surface area contributed by atoms with Gasteiger partial charge in [0.25, 0.3) is 0 Å². The molecule has 5 nitrogen and oxygen atoms in total. The maximum absolute atomic E-state index is 11.4. The van der Waals surface area contributed by atoms with Crippen LogP contribution in [0.2, 0.25) is 0 Å². The minimum absolute atomic E-state index is 0.299. The molecule has 1 unspecified atom stereocenters. The van der Waals surface area contributed by atoms with E-state index in [-0.39, 0.29) is 12.0 Å². The summed E-state index contributed by atoms with van der Waals surface area (Å²) < 4.78 is 9.69. The number of ether oxygens (including phenoxy) is 2. The van der Waals surface area contributed by atoms with Gasteiger partial charge in [-0.25, -0.2) is 4.79 Å². The van der Waals surface area contributed by atoms with Crippen LogP contribution in [0, 0.1) is 0 Å². The Hall–Kier alpha value is -1.78. The fourth-order valence-electron chi connectivity index (χ4n) is 1.24. The van der Waals surface area contributed by atoms with Gasteiger partial charge in [0, 0.05) is 13.1 Å². The molecule has 0 amide bonds. The summed E-state index contributed by atoms with van der Waals surface area (Å²) in [6.45, 7) is 1.76. The number of likely N-dealkylation sites (N-methyl/N-ethyl adjacent to an activating group) is 1. The molecule has 0 aliphatic rings. The minimum atomic E-state index is -0.385. The van der Waals surface area contributed by atoms with Crippen molar-refractivity contribution < 1.29 is 14.3 Å². The fourth-order valence-corrected chi connectivity index (χ4v) is 1.24. The number of hydrogen-bond donors (Lipinski definition) is 0. The number of esters is 1. The summed E-state index contributed by atoms with van der Waals surface area (Å²) in [6, 6.07) is 4.99. The van der Waals surface area contributed by atoms with Crippen LogP contribution in [0.1, 0.15) is 6.92 Å². The van der Waals surface area contributed by atoms with Gasteiger partial charge in [0.2, 0.25) is 5.88 Å². The molecule has 5 heteroatoms. The normalized spacial score (nSPS) is 11.8. The van der Waals surface area contributed by atoms with Gasteiger partial charge < -0.3 is 14.4 Å². The van der Waals surface area contributed by atoms with E-state index < -0.39 is 0 Å². The zero-order valence-corrected chi connectivity index (χ0v) is 9.93. The highest BCUT2D eigenvalue weighted by Gasteiger charge is 2.19. The number of anilines is 1. The van der Waals surface area contributed by atoms with Crippen molar-refractivity contribution in [3.8, 4) is 5.88 Å². The summed E-state index contributed by atoms with van der Waals surface area (Å²) in [7, 11) is 4.70. The van der Waals surface area contributed by atoms with Crippen LogP contribution < -0.4 is 9.64 Å². The second kappa shape index (κ2) is 5.34. The number of nitrogens with zero attached hydrogens (tertiary/aromatic N) is 2. The Bertz CT molecular complexity index is 368. The van der Waals surface area contributed by atoms with E-state index in [9.17, 15) is 4.79 Å². The Morgan fingerprint density at radius 3 is 2.69 bits per heavy atom. The van der Waals surface area contributed by atoms with E-state index in [0.717, 1.165) is 0 Å². The van der Waals surface area contributed by atoms with Crippen molar-refractivity contribution in [2.75, 3.05) is 26.2 Å². The van der Waals surface area contributed by atoms with E-state index in [1.165, 1.54) is 7.11 Å². The molecule has 0 aliphatic carbocycles. The van der Waals surface area contributed by atoms with E-state index in [1.54, 1.807) is 32.0 Å². The first kappa shape index (κ1) is 12.3. The number of rotatable bonds is 4. The number of carbonyl (C=O) groups is 1. The first-order valence-electron chi connectivity index (χ1n) is 4.92. The van der Waals surface area contributed by atoms with Gasteiger partial charge in [-0.1, -0.05) is 6.07 Å². The lowest BCUT2D eigenvalue weighted by atomic mass is 10.3. The molecule has 88 valence electrons. The zero-order chi connectivity index (χ0) is 12.1. The van der Waals surface area contributed by atoms with Crippen LogP contribution in [0.3, 0.4) is 0 Å². The number of hydrogen-bond acceptors (Lipinski definition) is 5. The van der Waals surface area contributed by atoms with E-state index in [1.807, 2.05) is 12.1 Å². The van der Waals surface area contributed by atoms with Crippen molar-refractivity contribution in [2.24, 2.45) is 0 Å². The number of aromatic nitrogens is 1. The largest absolute Gasteiger partial charge is 0.481 e. The molecule has 0 aromatic carbocycles. The van der Waals surface area contributed by atoms with Crippen LogP contribution in [-0.4, -0.2) is 38.3 Å². The minimum Gasteiger partial charge on any atom is -0.481 e. The molecule has 0 bridgehead atoms. The van der Waals surface area contributed by atoms with Crippen molar-refractivity contribution >= 4 is 11.8 Å². The molecule has 0 radical (unpaired) electrons. The average Bonchev–Trinajstić information content (AvgIpc) is 2.36. The number of pyridine rings is 1. The predicted molar refractivity (Wildman–Crippen MR) is 60.7 cm³/mol. The molecule has 1 rings (SSSR count). The molecule has 0 N–H and O–H groups in total. The SMILES string of the molecule is COC(=O)C(C)N(C)c1cccc(OC)n1. The van der Waals surface area contributed by atoms with Gasteiger partial charge in [0.05, 0.1) is 14.2 Å². The van der Waals surface area contributed by atoms with Crippen LogP contribution in [0.15, 0.2) is 18.2 Å². The summed E-state index contributed by atoms with van der Waals surface area (Å²) in [5, 5.41) is 0. The fraction of sp³-hybridized carbons (Fsp3) is 0.455. The molecule has 0 spiro atoms. The smallest absolute Gasteiger partial charge is 0.328 e. The van der Waals surface area contributed by atoms with E-state index in [4.69, 9.17) is 4.74 Å². The van der Waals surface area contributed by atoms with Crippen molar-refractivity contribution in [2.45, 2.75) is 13.0 Å². The first-order chi connectivity index (χ1) is 7.60. The lowest BCUT2D eigenvalue weighted by molar-refractivity contribution is -0.141. The van der Waals surface area contributed by atoms with E-state index >= 15 is 0 Å². The molecule has 1 aromatic rings. The van der Waals surface area contributed by atoms with Crippen LogP contribution in [0.4, 0.5) is 5.82 Å². The highest BCUT2D eigenvalue weighted by Crippen LogP contribution is 2.16. The molecule has 0 saturated carbocycles.